The second-order valence-corrected chi connectivity index (χ2v) is 14.1. The molecule has 0 rings (SSSR count). The quantitative estimate of drug-likeness (QED) is 0.0408. The second kappa shape index (κ2) is 40.3. The van der Waals surface area contributed by atoms with Gasteiger partial charge in [0.25, 0.3) is 0 Å². The van der Waals surface area contributed by atoms with Gasteiger partial charge in [0.2, 0.25) is 0 Å². The van der Waals surface area contributed by atoms with Crippen molar-refractivity contribution in [3.8, 4) is 0 Å². The van der Waals surface area contributed by atoms with Crippen LogP contribution < -0.4 is 0 Å². The first-order chi connectivity index (χ1) is 22.7. The van der Waals surface area contributed by atoms with Gasteiger partial charge in [0, 0.05) is 13.0 Å². The zero-order valence-corrected chi connectivity index (χ0v) is 31.4. The third-order valence-electron chi connectivity index (χ3n) is 9.34. The molecule has 1 unspecified atom stereocenters. The summed E-state index contributed by atoms with van der Waals surface area (Å²) in [6, 6.07) is 0. The first-order valence-corrected chi connectivity index (χ1v) is 20.8. The molecule has 46 heavy (non-hydrogen) atoms. The van der Waals surface area contributed by atoms with Crippen LogP contribution in [-0.4, -0.2) is 37.0 Å². The fourth-order valence-electron chi connectivity index (χ4n) is 6.21. The molecule has 0 aliphatic rings. The number of carbonyl (C=O) groups is 1. The molecule has 0 fully saturated rings. The molecule has 0 heterocycles. The summed E-state index contributed by atoms with van der Waals surface area (Å²) < 4.78 is 11.2. The van der Waals surface area contributed by atoms with Crippen LogP contribution in [0, 0.1) is 0 Å². The predicted molar refractivity (Wildman–Crippen MR) is 201 cm³/mol. The Balaban J connectivity index is 3.39. The zero-order chi connectivity index (χ0) is 33.4. The number of aliphatic hydroxyl groups is 1. The number of unbranched alkanes of at least 4 members (excludes halogenated alkanes) is 29. The van der Waals surface area contributed by atoms with Crippen LogP contribution in [0.1, 0.15) is 226 Å². The lowest BCUT2D eigenvalue weighted by Gasteiger charge is -2.16. The number of allylic oxidation sites excluding steroid dienone is 2. The average Bonchev–Trinajstić information content (AvgIpc) is 3.06. The van der Waals surface area contributed by atoms with E-state index in [-0.39, 0.29) is 12.6 Å². The summed E-state index contributed by atoms with van der Waals surface area (Å²) in [5, 5.41) is 9.59. The van der Waals surface area contributed by atoms with Crippen molar-refractivity contribution in [3.63, 3.8) is 0 Å². The number of aliphatic hydroxyl groups excluding tert-OH is 1. The van der Waals surface area contributed by atoms with Crippen LogP contribution in [0.5, 0.6) is 0 Å². The van der Waals surface area contributed by atoms with Crippen molar-refractivity contribution in [2.24, 2.45) is 0 Å². The molecule has 0 spiro atoms. The highest BCUT2D eigenvalue weighted by Crippen LogP contribution is 2.15. The number of hydrogen-bond donors (Lipinski definition) is 1. The Morgan fingerprint density at radius 1 is 0.500 bits per heavy atom. The Hall–Kier alpha value is -0.870. The van der Waals surface area contributed by atoms with E-state index < -0.39 is 6.10 Å². The number of rotatable bonds is 39. The molecule has 1 N–H and O–H groups in total. The molecule has 274 valence electrons. The summed E-state index contributed by atoms with van der Waals surface area (Å²) in [6.45, 7) is 5.37. The Bertz CT molecular complexity index is 604. The summed E-state index contributed by atoms with van der Waals surface area (Å²) >= 11 is 0. The van der Waals surface area contributed by atoms with Gasteiger partial charge in [0.1, 0.15) is 6.10 Å². The van der Waals surface area contributed by atoms with Gasteiger partial charge in [-0.15, -0.1) is 0 Å². The van der Waals surface area contributed by atoms with Crippen molar-refractivity contribution in [1.82, 2.24) is 0 Å². The van der Waals surface area contributed by atoms with Crippen LogP contribution in [0.25, 0.3) is 0 Å². The topological polar surface area (TPSA) is 55.8 Å². The van der Waals surface area contributed by atoms with Gasteiger partial charge in [-0.05, 0) is 38.5 Å². The van der Waals surface area contributed by atoms with Gasteiger partial charge in [-0.25, -0.2) is 0 Å². The molecular formula is C42H82O4. The number of esters is 1. The Kier molecular flexibility index (Phi) is 39.5. The molecule has 0 aliphatic carbocycles. The summed E-state index contributed by atoms with van der Waals surface area (Å²) in [7, 11) is 0. The monoisotopic (exact) mass is 651 g/mol. The maximum absolute atomic E-state index is 12.2. The molecule has 0 amide bonds. The van der Waals surface area contributed by atoms with Crippen LogP contribution in [0.15, 0.2) is 12.2 Å². The van der Waals surface area contributed by atoms with E-state index >= 15 is 0 Å². The number of ether oxygens (including phenoxy) is 2. The minimum absolute atomic E-state index is 0.167. The van der Waals surface area contributed by atoms with Gasteiger partial charge in [0.15, 0.2) is 0 Å². The van der Waals surface area contributed by atoms with E-state index in [0.717, 1.165) is 19.3 Å². The fourth-order valence-corrected chi connectivity index (χ4v) is 6.21. The lowest BCUT2D eigenvalue weighted by atomic mass is 10.0. The van der Waals surface area contributed by atoms with E-state index in [1.807, 2.05) is 0 Å². The van der Waals surface area contributed by atoms with E-state index in [0.29, 0.717) is 19.6 Å². The highest BCUT2D eigenvalue weighted by Gasteiger charge is 2.13. The van der Waals surface area contributed by atoms with Crippen molar-refractivity contribution in [1.29, 1.82) is 0 Å². The van der Waals surface area contributed by atoms with E-state index in [1.165, 1.54) is 186 Å². The van der Waals surface area contributed by atoms with Crippen LogP contribution in [-0.2, 0) is 14.3 Å². The molecule has 0 saturated heterocycles. The van der Waals surface area contributed by atoms with Crippen molar-refractivity contribution in [3.05, 3.63) is 12.2 Å². The van der Waals surface area contributed by atoms with Crippen LogP contribution in [0.2, 0.25) is 0 Å². The molecule has 4 nitrogen and oxygen atoms in total. The third-order valence-corrected chi connectivity index (χ3v) is 9.34. The van der Waals surface area contributed by atoms with Gasteiger partial charge in [0.05, 0.1) is 13.2 Å². The molecule has 0 aromatic heterocycles. The van der Waals surface area contributed by atoms with Crippen LogP contribution in [0.4, 0.5) is 0 Å². The van der Waals surface area contributed by atoms with Crippen molar-refractivity contribution >= 4 is 5.97 Å². The lowest BCUT2D eigenvalue weighted by Crippen LogP contribution is -2.27. The number of hydrogen-bond acceptors (Lipinski definition) is 4. The van der Waals surface area contributed by atoms with Gasteiger partial charge in [-0.1, -0.05) is 193 Å². The van der Waals surface area contributed by atoms with E-state index in [2.05, 4.69) is 26.0 Å². The molecule has 0 aliphatic heterocycles. The van der Waals surface area contributed by atoms with Gasteiger partial charge < -0.3 is 14.6 Å². The molecule has 0 radical (unpaired) electrons. The lowest BCUT2D eigenvalue weighted by molar-refractivity contribution is -0.154. The average molecular weight is 651 g/mol. The summed E-state index contributed by atoms with van der Waals surface area (Å²) in [5.74, 6) is -0.197. The van der Waals surface area contributed by atoms with Crippen molar-refractivity contribution in [2.75, 3.05) is 19.8 Å². The van der Waals surface area contributed by atoms with Crippen molar-refractivity contribution in [2.45, 2.75) is 232 Å². The van der Waals surface area contributed by atoms with Crippen LogP contribution in [0.3, 0.4) is 0 Å². The molecule has 1 atom stereocenters. The normalized spacial score (nSPS) is 12.3. The standard InChI is InChI=1S/C42H82O4/c1-3-5-7-9-11-13-15-17-19-21-22-24-26-28-30-32-34-36-38-45-40-41(39-43)46-42(44)37-35-33-31-29-27-25-23-20-18-16-14-12-10-8-6-4-2/h17,19,41,43H,3-16,18,20-40H2,1-2H3/b19-17-. The van der Waals surface area contributed by atoms with Gasteiger partial charge in [-0.2, -0.15) is 0 Å². The highest BCUT2D eigenvalue weighted by atomic mass is 16.6. The first kappa shape index (κ1) is 45.1. The zero-order valence-electron chi connectivity index (χ0n) is 31.4. The minimum Gasteiger partial charge on any atom is -0.457 e. The Labute approximate surface area is 288 Å². The predicted octanol–water partition coefficient (Wildman–Crippen LogP) is 13.4. The SMILES string of the molecule is CCCCCCCC/C=C\CCCCCCCCCCOCC(CO)OC(=O)CCCCCCCCCCCCCCCCCC. The molecule has 0 aromatic carbocycles. The molecule has 0 bridgehead atoms. The Morgan fingerprint density at radius 3 is 1.24 bits per heavy atom. The van der Waals surface area contributed by atoms with E-state index in [1.54, 1.807) is 0 Å². The smallest absolute Gasteiger partial charge is 0.306 e. The van der Waals surface area contributed by atoms with Gasteiger partial charge >= 0.3 is 5.97 Å². The van der Waals surface area contributed by atoms with Crippen LogP contribution >= 0.6 is 0 Å². The third kappa shape index (κ3) is 37.6. The van der Waals surface area contributed by atoms with E-state index in [4.69, 9.17) is 9.47 Å². The fraction of sp³-hybridized carbons (Fsp3) is 0.929. The van der Waals surface area contributed by atoms with E-state index in [9.17, 15) is 9.90 Å². The largest absolute Gasteiger partial charge is 0.457 e. The molecule has 0 aromatic rings. The maximum atomic E-state index is 12.2. The molecule has 0 saturated carbocycles. The highest BCUT2D eigenvalue weighted by molar-refractivity contribution is 5.69. The second-order valence-electron chi connectivity index (χ2n) is 14.1. The summed E-state index contributed by atoms with van der Waals surface area (Å²) in [6.07, 6.45) is 46.9. The summed E-state index contributed by atoms with van der Waals surface area (Å²) in [4.78, 5) is 12.2. The number of carbonyl (C=O) groups excluding carboxylic acids is 1. The Morgan fingerprint density at radius 2 is 0.848 bits per heavy atom. The maximum Gasteiger partial charge on any atom is 0.306 e. The molecule has 4 heteroatoms. The molecular weight excluding hydrogens is 568 g/mol. The minimum atomic E-state index is -0.529. The van der Waals surface area contributed by atoms with Crippen molar-refractivity contribution < 1.29 is 19.4 Å². The first-order valence-electron chi connectivity index (χ1n) is 20.8. The summed E-state index contributed by atoms with van der Waals surface area (Å²) in [5.41, 5.74) is 0. The van der Waals surface area contributed by atoms with Gasteiger partial charge in [-0.3, -0.25) is 4.79 Å².